The van der Waals surface area contributed by atoms with Crippen molar-refractivity contribution in [2.75, 3.05) is 6.54 Å². The first-order chi connectivity index (χ1) is 11.6. The molecule has 6 nitrogen and oxygen atoms in total. The molecule has 24 heavy (non-hydrogen) atoms. The van der Waals surface area contributed by atoms with Gasteiger partial charge in [-0.3, -0.25) is 14.5 Å². The smallest absolute Gasteiger partial charge is 0.325 e. The molecule has 1 heterocycles. The fourth-order valence-electron chi connectivity index (χ4n) is 4.22. The van der Waals surface area contributed by atoms with Gasteiger partial charge in [-0.2, -0.15) is 0 Å². The van der Waals surface area contributed by atoms with Crippen LogP contribution in [0.1, 0.15) is 43.2 Å². The SMILES string of the molecule is O=C(CN1C(=O)NC2(CCc3ccccc32)C1=O)NC1CCCC1. The van der Waals surface area contributed by atoms with Gasteiger partial charge in [0.2, 0.25) is 5.91 Å². The van der Waals surface area contributed by atoms with Crippen LogP contribution in [0.3, 0.4) is 0 Å². The molecular formula is C18H21N3O3. The first-order valence-electron chi connectivity index (χ1n) is 8.62. The largest absolute Gasteiger partial charge is 0.352 e. The Kier molecular flexibility index (Phi) is 3.55. The summed E-state index contributed by atoms with van der Waals surface area (Å²) in [5.41, 5.74) is 0.965. The van der Waals surface area contributed by atoms with E-state index in [2.05, 4.69) is 10.6 Å². The number of hydrogen-bond donors (Lipinski definition) is 2. The van der Waals surface area contributed by atoms with Crippen LogP contribution in [0.4, 0.5) is 4.79 Å². The van der Waals surface area contributed by atoms with Crippen molar-refractivity contribution in [1.82, 2.24) is 15.5 Å². The summed E-state index contributed by atoms with van der Waals surface area (Å²) >= 11 is 0. The number of nitrogens with one attached hydrogen (secondary N) is 2. The topological polar surface area (TPSA) is 78.5 Å². The van der Waals surface area contributed by atoms with Gasteiger partial charge in [-0.25, -0.2) is 4.79 Å². The summed E-state index contributed by atoms with van der Waals surface area (Å²) in [4.78, 5) is 38.6. The van der Waals surface area contributed by atoms with Crippen molar-refractivity contribution in [3.8, 4) is 0 Å². The van der Waals surface area contributed by atoms with Crippen molar-refractivity contribution in [2.45, 2.75) is 50.1 Å². The lowest BCUT2D eigenvalue weighted by molar-refractivity contribution is -0.135. The number of imide groups is 1. The number of hydrogen-bond acceptors (Lipinski definition) is 3. The van der Waals surface area contributed by atoms with Gasteiger partial charge < -0.3 is 10.6 Å². The van der Waals surface area contributed by atoms with E-state index in [0.717, 1.165) is 48.1 Å². The zero-order chi connectivity index (χ0) is 16.7. The molecule has 0 radical (unpaired) electrons. The van der Waals surface area contributed by atoms with Crippen LogP contribution in [0.25, 0.3) is 0 Å². The molecule has 1 aromatic carbocycles. The van der Waals surface area contributed by atoms with Crippen LogP contribution >= 0.6 is 0 Å². The van der Waals surface area contributed by atoms with Gasteiger partial charge in [-0.1, -0.05) is 37.1 Å². The van der Waals surface area contributed by atoms with E-state index in [1.54, 1.807) is 0 Å². The number of nitrogens with zero attached hydrogens (tertiary/aromatic N) is 1. The second-order valence-electron chi connectivity index (χ2n) is 6.93. The third kappa shape index (κ3) is 2.28. The number of carbonyl (C=O) groups is 3. The van der Waals surface area contributed by atoms with Gasteiger partial charge in [0.1, 0.15) is 12.1 Å². The van der Waals surface area contributed by atoms with Crippen molar-refractivity contribution in [2.24, 2.45) is 0 Å². The fraction of sp³-hybridized carbons (Fsp3) is 0.500. The van der Waals surface area contributed by atoms with E-state index in [1.165, 1.54) is 0 Å². The molecule has 126 valence electrons. The molecule has 4 amide bonds. The highest BCUT2D eigenvalue weighted by Gasteiger charge is 2.55. The number of fused-ring (bicyclic) bond motifs is 2. The van der Waals surface area contributed by atoms with Crippen LogP contribution in [0.15, 0.2) is 24.3 Å². The van der Waals surface area contributed by atoms with Crippen LogP contribution < -0.4 is 10.6 Å². The normalized spacial score (nSPS) is 26.1. The van der Waals surface area contributed by atoms with Gasteiger partial charge in [0, 0.05) is 6.04 Å². The van der Waals surface area contributed by atoms with Crippen molar-refractivity contribution in [3.05, 3.63) is 35.4 Å². The maximum absolute atomic E-state index is 12.9. The van der Waals surface area contributed by atoms with Crippen LogP contribution in [0, 0.1) is 0 Å². The first kappa shape index (κ1) is 15.2. The Balaban J connectivity index is 1.51. The molecule has 1 spiro atoms. The quantitative estimate of drug-likeness (QED) is 0.825. The minimum Gasteiger partial charge on any atom is -0.352 e. The van der Waals surface area contributed by atoms with Crippen molar-refractivity contribution in [3.63, 3.8) is 0 Å². The van der Waals surface area contributed by atoms with E-state index in [0.29, 0.717) is 6.42 Å². The van der Waals surface area contributed by atoms with Crippen molar-refractivity contribution >= 4 is 17.8 Å². The van der Waals surface area contributed by atoms with E-state index >= 15 is 0 Å². The van der Waals surface area contributed by atoms with E-state index in [-0.39, 0.29) is 24.4 Å². The molecule has 2 fully saturated rings. The maximum Gasteiger partial charge on any atom is 0.325 e. The maximum atomic E-state index is 12.9. The molecule has 1 aliphatic heterocycles. The molecule has 2 aliphatic carbocycles. The molecule has 0 bridgehead atoms. The van der Waals surface area contributed by atoms with Gasteiger partial charge in [0.15, 0.2) is 0 Å². The number of urea groups is 1. The first-order valence-corrected chi connectivity index (χ1v) is 8.62. The Morgan fingerprint density at radius 2 is 2.00 bits per heavy atom. The number of rotatable bonds is 3. The van der Waals surface area contributed by atoms with Crippen molar-refractivity contribution in [1.29, 1.82) is 0 Å². The summed E-state index contributed by atoms with van der Waals surface area (Å²) < 4.78 is 0. The Morgan fingerprint density at radius 1 is 1.25 bits per heavy atom. The molecular weight excluding hydrogens is 306 g/mol. The Bertz CT molecular complexity index is 711. The highest BCUT2D eigenvalue weighted by atomic mass is 16.2. The highest BCUT2D eigenvalue weighted by Crippen LogP contribution is 2.41. The Morgan fingerprint density at radius 3 is 2.79 bits per heavy atom. The lowest BCUT2D eigenvalue weighted by Crippen LogP contribution is -2.45. The summed E-state index contributed by atoms with van der Waals surface area (Å²) in [6.45, 7) is -0.203. The molecule has 1 atom stereocenters. The summed E-state index contributed by atoms with van der Waals surface area (Å²) in [5.74, 6) is -0.562. The number of carbonyl (C=O) groups excluding carboxylic acids is 3. The minimum atomic E-state index is -0.985. The number of benzene rings is 1. The van der Waals surface area contributed by atoms with Gasteiger partial charge in [-0.05, 0) is 36.8 Å². The number of amides is 4. The summed E-state index contributed by atoms with van der Waals surface area (Å²) in [6, 6.07) is 7.40. The highest BCUT2D eigenvalue weighted by molar-refractivity contribution is 6.09. The van der Waals surface area contributed by atoms with E-state index in [9.17, 15) is 14.4 Å². The summed E-state index contributed by atoms with van der Waals surface area (Å²) in [7, 11) is 0. The molecule has 1 unspecified atom stereocenters. The molecule has 3 aliphatic rings. The molecule has 0 aromatic heterocycles. The van der Waals surface area contributed by atoms with Crippen LogP contribution in [-0.2, 0) is 21.5 Å². The summed E-state index contributed by atoms with van der Waals surface area (Å²) in [5, 5.41) is 5.77. The standard InChI is InChI=1S/C18H21N3O3/c22-15(19-13-6-2-3-7-13)11-21-16(23)18(20-17(21)24)10-9-12-5-1-4-8-14(12)18/h1,4-5,8,13H,2-3,6-7,9-11H2,(H,19,22)(H,20,24). The average molecular weight is 327 g/mol. The minimum absolute atomic E-state index is 0.180. The molecule has 1 saturated carbocycles. The van der Waals surface area contributed by atoms with Gasteiger partial charge in [-0.15, -0.1) is 0 Å². The molecule has 6 heteroatoms. The number of aryl methyl sites for hydroxylation is 1. The average Bonchev–Trinajstić information content (AvgIpc) is 3.25. The predicted molar refractivity (Wildman–Crippen MR) is 87.1 cm³/mol. The zero-order valence-electron chi connectivity index (χ0n) is 13.5. The Hall–Kier alpha value is -2.37. The van der Waals surface area contributed by atoms with Crippen LogP contribution in [-0.4, -0.2) is 35.3 Å². The van der Waals surface area contributed by atoms with E-state index < -0.39 is 11.6 Å². The second-order valence-corrected chi connectivity index (χ2v) is 6.93. The zero-order valence-corrected chi connectivity index (χ0v) is 13.5. The van der Waals surface area contributed by atoms with E-state index in [1.807, 2.05) is 24.3 Å². The van der Waals surface area contributed by atoms with Crippen LogP contribution in [0.5, 0.6) is 0 Å². The van der Waals surface area contributed by atoms with Crippen LogP contribution in [0.2, 0.25) is 0 Å². The molecule has 1 aromatic rings. The third-order valence-corrected chi connectivity index (χ3v) is 5.44. The summed E-state index contributed by atoms with van der Waals surface area (Å²) in [6.07, 6.45) is 5.50. The third-order valence-electron chi connectivity index (χ3n) is 5.44. The fourth-order valence-corrected chi connectivity index (χ4v) is 4.22. The van der Waals surface area contributed by atoms with Gasteiger partial charge >= 0.3 is 6.03 Å². The predicted octanol–water partition coefficient (Wildman–Crippen LogP) is 1.44. The molecule has 4 rings (SSSR count). The molecule has 1 saturated heterocycles. The van der Waals surface area contributed by atoms with Crippen molar-refractivity contribution < 1.29 is 14.4 Å². The Labute approximate surface area is 140 Å². The second kappa shape index (κ2) is 5.61. The van der Waals surface area contributed by atoms with E-state index in [4.69, 9.17) is 0 Å². The lowest BCUT2D eigenvalue weighted by Gasteiger charge is -2.22. The van der Waals surface area contributed by atoms with Gasteiger partial charge in [0.05, 0.1) is 0 Å². The lowest BCUT2D eigenvalue weighted by atomic mass is 9.92. The molecule has 2 N–H and O–H groups in total. The van der Waals surface area contributed by atoms with Gasteiger partial charge in [0.25, 0.3) is 5.91 Å². The monoisotopic (exact) mass is 327 g/mol.